The quantitative estimate of drug-likeness (QED) is 0.798. The van der Waals surface area contributed by atoms with E-state index in [2.05, 4.69) is 39.9 Å². The van der Waals surface area contributed by atoms with E-state index in [9.17, 15) is 0 Å². The van der Waals surface area contributed by atoms with E-state index in [0.717, 1.165) is 22.8 Å². The lowest BCUT2D eigenvalue weighted by Crippen LogP contribution is -2.12. The number of hydrogen-bond donors (Lipinski definition) is 1. The molecule has 0 saturated carbocycles. The van der Waals surface area contributed by atoms with Crippen LogP contribution in [0.1, 0.15) is 5.56 Å². The minimum Gasteiger partial charge on any atom is -0.329 e. The topological polar surface area (TPSA) is 56.7 Å². The van der Waals surface area contributed by atoms with E-state index < -0.39 is 0 Å². The molecule has 21 heavy (non-hydrogen) atoms. The lowest BCUT2D eigenvalue weighted by atomic mass is 10.1. The lowest BCUT2D eigenvalue weighted by molar-refractivity contribution is 0.719. The highest BCUT2D eigenvalue weighted by Crippen LogP contribution is 2.24. The minimum atomic E-state index is 0.552. The third kappa shape index (κ3) is 2.71. The molecule has 0 unspecified atom stereocenters. The molecule has 0 amide bonds. The van der Waals surface area contributed by atoms with Crippen molar-refractivity contribution in [3.63, 3.8) is 0 Å². The van der Waals surface area contributed by atoms with Crippen molar-refractivity contribution in [1.82, 2.24) is 14.8 Å². The predicted octanol–water partition coefficient (Wildman–Crippen LogP) is 2.88. The average molecular weight is 278 g/mol. The molecule has 0 aliphatic carbocycles. The van der Waals surface area contributed by atoms with E-state index in [1.807, 2.05) is 36.4 Å². The SMILES string of the molecule is Cc1cccc(-c2nnc(-c3ccccc3)n2CCN)c1. The summed E-state index contributed by atoms with van der Waals surface area (Å²) in [5.41, 5.74) is 9.09. The Hall–Kier alpha value is -2.46. The summed E-state index contributed by atoms with van der Waals surface area (Å²) in [6.07, 6.45) is 0. The third-order valence-corrected chi connectivity index (χ3v) is 3.41. The van der Waals surface area contributed by atoms with Gasteiger partial charge < -0.3 is 10.3 Å². The van der Waals surface area contributed by atoms with Gasteiger partial charge in [0.05, 0.1) is 0 Å². The number of aromatic nitrogens is 3. The first kappa shape index (κ1) is 13.5. The highest BCUT2D eigenvalue weighted by Gasteiger charge is 2.14. The molecule has 0 spiro atoms. The van der Waals surface area contributed by atoms with Gasteiger partial charge in [-0.2, -0.15) is 0 Å². The van der Waals surface area contributed by atoms with Crippen LogP contribution in [-0.2, 0) is 6.54 Å². The largest absolute Gasteiger partial charge is 0.329 e. The molecule has 3 aromatic rings. The maximum atomic E-state index is 5.77. The monoisotopic (exact) mass is 278 g/mol. The van der Waals surface area contributed by atoms with Crippen molar-refractivity contribution < 1.29 is 0 Å². The summed E-state index contributed by atoms with van der Waals surface area (Å²) in [7, 11) is 0. The van der Waals surface area contributed by atoms with Gasteiger partial charge in [-0.3, -0.25) is 0 Å². The van der Waals surface area contributed by atoms with Gasteiger partial charge in [-0.15, -0.1) is 10.2 Å². The first-order valence-corrected chi connectivity index (χ1v) is 7.05. The first-order valence-electron chi connectivity index (χ1n) is 7.05. The fourth-order valence-corrected chi connectivity index (χ4v) is 2.44. The summed E-state index contributed by atoms with van der Waals surface area (Å²) in [4.78, 5) is 0. The Morgan fingerprint density at radius 2 is 1.57 bits per heavy atom. The summed E-state index contributed by atoms with van der Waals surface area (Å²) in [6, 6.07) is 18.4. The number of benzene rings is 2. The summed E-state index contributed by atoms with van der Waals surface area (Å²) < 4.78 is 2.09. The zero-order chi connectivity index (χ0) is 14.7. The molecule has 0 aliphatic heterocycles. The average Bonchev–Trinajstić information content (AvgIpc) is 2.92. The maximum Gasteiger partial charge on any atom is 0.164 e. The highest BCUT2D eigenvalue weighted by atomic mass is 15.3. The molecule has 0 atom stereocenters. The number of aryl methyl sites for hydroxylation is 1. The molecule has 106 valence electrons. The van der Waals surface area contributed by atoms with Crippen molar-refractivity contribution in [1.29, 1.82) is 0 Å². The standard InChI is InChI=1S/C17H18N4/c1-13-6-5-9-15(12-13)17-20-19-16(21(17)11-10-18)14-7-3-2-4-8-14/h2-9,12H,10-11,18H2,1H3. The summed E-state index contributed by atoms with van der Waals surface area (Å²) in [5.74, 6) is 1.72. The first-order chi connectivity index (χ1) is 10.3. The molecular weight excluding hydrogens is 260 g/mol. The van der Waals surface area contributed by atoms with Crippen LogP contribution in [0.15, 0.2) is 54.6 Å². The third-order valence-electron chi connectivity index (χ3n) is 3.41. The van der Waals surface area contributed by atoms with E-state index in [0.29, 0.717) is 13.1 Å². The fourth-order valence-electron chi connectivity index (χ4n) is 2.44. The van der Waals surface area contributed by atoms with Gasteiger partial charge in [0.15, 0.2) is 11.6 Å². The van der Waals surface area contributed by atoms with Crippen LogP contribution in [-0.4, -0.2) is 21.3 Å². The summed E-state index contributed by atoms with van der Waals surface area (Å²) in [6.45, 7) is 3.32. The zero-order valence-electron chi connectivity index (χ0n) is 12.0. The number of rotatable bonds is 4. The van der Waals surface area contributed by atoms with Gasteiger partial charge in [-0.05, 0) is 13.0 Å². The Bertz CT molecular complexity index is 732. The maximum absolute atomic E-state index is 5.77. The number of nitrogens with two attached hydrogens (primary N) is 1. The van der Waals surface area contributed by atoms with Gasteiger partial charge in [0, 0.05) is 24.2 Å². The van der Waals surface area contributed by atoms with E-state index in [-0.39, 0.29) is 0 Å². The van der Waals surface area contributed by atoms with Crippen molar-refractivity contribution in [2.75, 3.05) is 6.54 Å². The molecule has 3 rings (SSSR count). The fraction of sp³-hybridized carbons (Fsp3) is 0.176. The molecule has 2 N–H and O–H groups in total. The predicted molar refractivity (Wildman–Crippen MR) is 84.7 cm³/mol. The molecule has 0 radical (unpaired) electrons. The van der Waals surface area contributed by atoms with Gasteiger partial charge in [0.1, 0.15) is 0 Å². The normalized spacial score (nSPS) is 10.8. The van der Waals surface area contributed by atoms with Crippen LogP contribution in [0.25, 0.3) is 22.8 Å². The van der Waals surface area contributed by atoms with Crippen LogP contribution >= 0.6 is 0 Å². The van der Waals surface area contributed by atoms with E-state index >= 15 is 0 Å². The van der Waals surface area contributed by atoms with Gasteiger partial charge in [-0.25, -0.2) is 0 Å². The smallest absolute Gasteiger partial charge is 0.164 e. The van der Waals surface area contributed by atoms with Crippen LogP contribution in [0.2, 0.25) is 0 Å². The lowest BCUT2D eigenvalue weighted by Gasteiger charge is -2.09. The number of nitrogens with zero attached hydrogens (tertiary/aromatic N) is 3. The van der Waals surface area contributed by atoms with Crippen LogP contribution in [0, 0.1) is 6.92 Å². The molecule has 0 saturated heterocycles. The van der Waals surface area contributed by atoms with Crippen LogP contribution in [0.3, 0.4) is 0 Å². The van der Waals surface area contributed by atoms with Crippen LogP contribution in [0.4, 0.5) is 0 Å². The van der Waals surface area contributed by atoms with Crippen molar-refractivity contribution in [2.24, 2.45) is 5.73 Å². The van der Waals surface area contributed by atoms with Crippen LogP contribution in [0.5, 0.6) is 0 Å². The van der Waals surface area contributed by atoms with Gasteiger partial charge >= 0.3 is 0 Å². The Balaban J connectivity index is 2.12. The van der Waals surface area contributed by atoms with E-state index in [1.165, 1.54) is 5.56 Å². The molecule has 1 aromatic heterocycles. The molecule has 0 aliphatic rings. The van der Waals surface area contributed by atoms with E-state index in [4.69, 9.17) is 5.73 Å². The molecule has 0 fully saturated rings. The second-order valence-corrected chi connectivity index (χ2v) is 5.02. The van der Waals surface area contributed by atoms with Crippen molar-refractivity contribution >= 4 is 0 Å². The Morgan fingerprint density at radius 1 is 0.905 bits per heavy atom. The number of hydrogen-bond acceptors (Lipinski definition) is 3. The van der Waals surface area contributed by atoms with Crippen molar-refractivity contribution in [3.05, 3.63) is 60.2 Å². The Labute approximate surface area is 124 Å². The molecule has 1 heterocycles. The molecule has 4 nitrogen and oxygen atoms in total. The molecule has 0 bridgehead atoms. The Kier molecular flexibility index (Phi) is 3.79. The van der Waals surface area contributed by atoms with Crippen molar-refractivity contribution in [3.8, 4) is 22.8 Å². The van der Waals surface area contributed by atoms with Gasteiger partial charge in [-0.1, -0.05) is 54.1 Å². The minimum absolute atomic E-state index is 0.552. The Morgan fingerprint density at radius 3 is 2.24 bits per heavy atom. The summed E-state index contributed by atoms with van der Waals surface area (Å²) >= 11 is 0. The van der Waals surface area contributed by atoms with Crippen LogP contribution < -0.4 is 5.73 Å². The molecular formula is C17H18N4. The second-order valence-electron chi connectivity index (χ2n) is 5.02. The van der Waals surface area contributed by atoms with Gasteiger partial charge in [0.25, 0.3) is 0 Å². The van der Waals surface area contributed by atoms with Gasteiger partial charge in [0.2, 0.25) is 0 Å². The molecule has 2 aromatic carbocycles. The second kappa shape index (κ2) is 5.89. The summed E-state index contributed by atoms with van der Waals surface area (Å²) in [5, 5.41) is 8.75. The molecule has 4 heteroatoms. The highest BCUT2D eigenvalue weighted by molar-refractivity contribution is 5.63. The van der Waals surface area contributed by atoms with E-state index in [1.54, 1.807) is 0 Å². The van der Waals surface area contributed by atoms with Crippen molar-refractivity contribution in [2.45, 2.75) is 13.5 Å². The zero-order valence-corrected chi connectivity index (χ0v) is 12.0.